The van der Waals surface area contributed by atoms with Crippen LogP contribution in [0.5, 0.6) is 0 Å². The van der Waals surface area contributed by atoms with Gasteiger partial charge in [0.1, 0.15) is 5.60 Å². The lowest BCUT2D eigenvalue weighted by Gasteiger charge is -2.49. The standard InChI is InChI=1S/C23H30N2O7/c1-23(2,3)32-22(31)24-12-16-11-17(15-8-6-14(7-9-15)5-4-10-26)19(20(27)28)18(13-24)25(16)21(29)30/h6-9,16,18,26H,4-5,10-13H2,1-3H3,(H,27,28)(H,29,30)/t16-,18-/m1/s1. The van der Waals surface area contributed by atoms with E-state index >= 15 is 0 Å². The first kappa shape index (κ1) is 23.6. The van der Waals surface area contributed by atoms with Gasteiger partial charge in [-0.25, -0.2) is 14.4 Å². The van der Waals surface area contributed by atoms with E-state index in [-0.39, 0.29) is 31.7 Å². The van der Waals surface area contributed by atoms with Crippen LogP contribution in [0.2, 0.25) is 0 Å². The molecule has 0 spiro atoms. The minimum absolute atomic E-state index is 0.0139. The highest BCUT2D eigenvalue weighted by atomic mass is 16.6. The van der Waals surface area contributed by atoms with Crippen molar-refractivity contribution in [3.63, 3.8) is 0 Å². The number of hydrogen-bond acceptors (Lipinski definition) is 5. The summed E-state index contributed by atoms with van der Waals surface area (Å²) in [5.74, 6) is -1.20. The predicted molar refractivity (Wildman–Crippen MR) is 116 cm³/mol. The molecule has 1 saturated heterocycles. The van der Waals surface area contributed by atoms with Crippen LogP contribution in [-0.4, -0.2) is 80.7 Å². The van der Waals surface area contributed by atoms with Gasteiger partial charge < -0.3 is 25.0 Å². The third-order valence-electron chi connectivity index (χ3n) is 5.68. The molecule has 32 heavy (non-hydrogen) atoms. The van der Waals surface area contributed by atoms with Crippen molar-refractivity contribution >= 4 is 23.7 Å². The third kappa shape index (κ3) is 5.04. The minimum Gasteiger partial charge on any atom is -0.478 e. The highest BCUT2D eigenvalue weighted by Gasteiger charge is 2.48. The highest BCUT2D eigenvalue weighted by molar-refractivity contribution is 5.99. The number of carboxylic acid groups (broad SMARTS) is 2. The molecule has 2 atom stereocenters. The minimum atomic E-state index is -1.21. The summed E-state index contributed by atoms with van der Waals surface area (Å²) in [5, 5.41) is 28.8. The van der Waals surface area contributed by atoms with E-state index in [2.05, 4.69) is 0 Å². The number of hydrogen-bond donors (Lipinski definition) is 3. The summed E-state index contributed by atoms with van der Waals surface area (Å²) >= 11 is 0. The second-order valence-corrected chi connectivity index (χ2v) is 9.17. The van der Waals surface area contributed by atoms with Gasteiger partial charge in [-0.1, -0.05) is 24.3 Å². The van der Waals surface area contributed by atoms with E-state index in [0.717, 1.165) is 16.0 Å². The maximum absolute atomic E-state index is 12.6. The Kier molecular flexibility index (Phi) is 6.78. The lowest BCUT2D eigenvalue weighted by molar-refractivity contribution is -0.134. The molecule has 1 aromatic rings. The molecular weight excluding hydrogens is 416 g/mol. The van der Waals surface area contributed by atoms with Crippen molar-refractivity contribution in [3.05, 3.63) is 41.0 Å². The summed E-state index contributed by atoms with van der Waals surface area (Å²) in [6.45, 7) is 5.36. The molecule has 0 unspecified atom stereocenters. The van der Waals surface area contributed by atoms with Crippen molar-refractivity contribution in [2.45, 2.75) is 57.7 Å². The molecule has 2 aliphatic rings. The van der Waals surface area contributed by atoms with Crippen LogP contribution in [0, 0.1) is 0 Å². The quantitative estimate of drug-likeness (QED) is 0.634. The largest absolute Gasteiger partial charge is 0.478 e. The van der Waals surface area contributed by atoms with Gasteiger partial charge in [-0.3, -0.25) is 4.90 Å². The molecule has 174 valence electrons. The number of carboxylic acids is 1. The van der Waals surface area contributed by atoms with E-state index < -0.39 is 35.8 Å². The van der Waals surface area contributed by atoms with Crippen LogP contribution in [0.15, 0.2) is 29.8 Å². The van der Waals surface area contributed by atoms with Crippen molar-refractivity contribution in [1.29, 1.82) is 0 Å². The Morgan fingerprint density at radius 1 is 1.09 bits per heavy atom. The SMILES string of the molecule is CC(C)(C)OC(=O)N1C[C@H]2CC(c3ccc(CCCO)cc3)=C(C(=O)O)[C@@H](C1)N2C(=O)O. The molecule has 3 N–H and O–H groups in total. The number of fused-ring (bicyclic) bond motifs is 2. The van der Waals surface area contributed by atoms with Crippen LogP contribution in [0.1, 0.15) is 44.7 Å². The molecule has 2 aliphatic heterocycles. The zero-order valence-electron chi connectivity index (χ0n) is 18.6. The molecule has 0 radical (unpaired) electrons. The van der Waals surface area contributed by atoms with Crippen LogP contribution in [0.4, 0.5) is 9.59 Å². The summed E-state index contributed by atoms with van der Waals surface area (Å²) in [6.07, 6.45) is -0.259. The number of amides is 2. The summed E-state index contributed by atoms with van der Waals surface area (Å²) in [5.41, 5.74) is 1.60. The van der Waals surface area contributed by atoms with E-state index in [1.54, 1.807) is 20.8 Å². The zero-order chi connectivity index (χ0) is 23.6. The molecule has 3 rings (SSSR count). The Labute approximate surface area is 186 Å². The summed E-state index contributed by atoms with van der Waals surface area (Å²) < 4.78 is 5.43. The molecule has 2 bridgehead atoms. The second kappa shape index (κ2) is 9.20. The topological polar surface area (TPSA) is 128 Å². The van der Waals surface area contributed by atoms with Crippen LogP contribution in [0.25, 0.3) is 5.57 Å². The molecule has 1 fully saturated rings. The lowest BCUT2D eigenvalue weighted by atomic mass is 9.82. The number of nitrogens with zero attached hydrogens (tertiary/aromatic N) is 2. The first-order chi connectivity index (χ1) is 15.0. The van der Waals surface area contributed by atoms with Gasteiger partial charge in [-0.2, -0.15) is 0 Å². The predicted octanol–water partition coefficient (Wildman–Crippen LogP) is 2.82. The Morgan fingerprint density at radius 2 is 1.75 bits per heavy atom. The van der Waals surface area contributed by atoms with Crippen molar-refractivity contribution in [3.8, 4) is 0 Å². The Bertz CT molecular complexity index is 917. The Morgan fingerprint density at radius 3 is 2.28 bits per heavy atom. The second-order valence-electron chi connectivity index (χ2n) is 9.17. The summed E-state index contributed by atoms with van der Waals surface area (Å²) in [7, 11) is 0. The van der Waals surface area contributed by atoms with E-state index in [4.69, 9.17) is 9.84 Å². The maximum Gasteiger partial charge on any atom is 0.410 e. The highest BCUT2D eigenvalue weighted by Crippen LogP contribution is 2.39. The van der Waals surface area contributed by atoms with E-state index in [0.29, 0.717) is 18.4 Å². The normalized spacial score (nSPS) is 20.9. The average molecular weight is 447 g/mol. The van der Waals surface area contributed by atoms with Crippen molar-refractivity contribution in [2.75, 3.05) is 19.7 Å². The molecule has 9 nitrogen and oxygen atoms in total. The number of ether oxygens (including phenoxy) is 1. The fourth-order valence-electron chi connectivity index (χ4n) is 4.37. The van der Waals surface area contributed by atoms with E-state index in [1.165, 1.54) is 4.90 Å². The van der Waals surface area contributed by atoms with Crippen LogP contribution < -0.4 is 0 Å². The Hall–Kier alpha value is -3.07. The smallest absolute Gasteiger partial charge is 0.410 e. The average Bonchev–Trinajstić information content (AvgIpc) is 2.69. The van der Waals surface area contributed by atoms with Gasteiger partial charge in [0.05, 0.1) is 17.7 Å². The molecule has 0 aromatic heterocycles. The van der Waals surface area contributed by atoms with Gasteiger partial charge in [-0.05, 0) is 56.7 Å². The zero-order valence-corrected chi connectivity index (χ0v) is 18.6. The number of aliphatic hydroxyl groups excluding tert-OH is 1. The molecule has 9 heteroatoms. The van der Waals surface area contributed by atoms with Gasteiger partial charge in [0.15, 0.2) is 0 Å². The molecule has 2 heterocycles. The molecule has 0 saturated carbocycles. The first-order valence-electron chi connectivity index (χ1n) is 10.7. The maximum atomic E-state index is 12.6. The number of carbonyl (C=O) groups excluding carboxylic acids is 1. The summed E-state index contributed by atoms with van der Waals surface area (Å²) in [6, 6.07) is 5.89. The fraction of sp³-hybridized carbons (Fsp3) is 0.522. The van der Waals surface area contributed by atoms with E-state index in [9.17, 15) is 24.6 Å². The summed E-state index contributed by atoms with van der Waals surface area (Å²) in [4.78, 5) is 39.5. The first-order valence-corrected chi connectivity index (χ1v) is 10.7. The molecular formula is C23H30N2O7. The molecule has 2 amide bonds. The number of benzene rings is 1. The third-order valence-corrected chi connectivity index (χ3v) is 5.68. The van der Waals surface area contributed by atoms with Crippen molar-refractivity contribution in [2.24, 2.45) is 0 Å². The number of aliphatic hydroxyl groups is 1. The van der Waals surface area contributed by atoms with Crippen LogP contribution in [-0.2, 0) is 16.0 Å². The number of carbonyl (C=O) groups is 3. The number of aryl methyl sites for hydroxylation is 1. The number of rotatable bonds is 5. The van der Waals surface area contributed by atoms with Gasteiger partial charge in [-0.15, -0.1) is 0 Å². The molecule has 0 aliphatic carbocycles. The monoisotopic (exact) mass is 446 g/mol. The molecule has 1 aromatic carbocycles. The van der Waals surface area contributed by atoms with Gasteiger partial charge >= 0.3 is 18.2 Å². The lowest BCUT2D eigenvalue weighted by Crippen LogP contribution is -2.64. The van der Waals surface area contributed by atoms with Crippen LogP contribution in [0.3, 0.4) is 0 Å². The van der Waals surface area contributed by atoms with Gasteiger partial charge in [0.25, 0.3) is 0 Å². The number of piperazine rings is 1. The fourth-order valence-corrected chi connectivity index (χ4v) is 4.37. The van der Waals surface area contributed by atoms with E-state index in [1.807, 2.05) is 24.3 Å². The Balaban J connectivity index is 1.98. The number of aliphatic carboxylic acids is 1. The van der Waals surface area contributed by atoms with Gasteiger partial charge in [0.2, 0.25) is 0 Å². The van der Waals surface area contributed by atoms with Crippen LogP contribution >= 0.6 is 0 Å². The van der Waals surface area contributed by atoms with Crippen molar-refractivity contribution in [1.82, 2.24) is 9.80 Å². The van der Waals surface area contributed by atoms with Gasteiger partial charge in [0, 0.05) is 19.7 Å². The van der Waals surface area contributed by atoms with Crippen molar-refractivity contribution < 1.29 is 34.4 Å².